The highest BCUT2D eigenvalue weighted by Crippen LogP contribution is 2.14. The third kappa shape index (κ3) is 6.03. The van der Waals surface area contributed by atoms with Crippen molar-refractivity contribution in [1.82, 2.24) is 10.2 Å². The third-order valence-electron chi connectivity index (χ3n) is 2.71. The first kappa shape index (κ1) is 15.0. The second-order valence-electron chi connectivity index (χ2n) is 5.01. The smallest absolute Gasteiger partial charge is 0.119 e. The van der Waals surface area contributed by atoms with Crippen molar-refractivity contribution in [3.63, 3.8) is 0 Å². The molecule has 1 rings (SSSR count). The van der Waals surface area contributed by atoms with Crippen LogP contribution < -0.4 is 10.1 Å². The number of hydrogen-bond acceptors (Lipinski definition) is 3. The van der Waals surface area contributed by atoms with E-state index in [1.54, 1.807) is 0 Å². The second-order valence-corrected chi connectivity index (χ2v) is 5.01. The molecule has 0 radical (unpaired) electrons. The first-order valence-corrected chi connectivity index (χ1v) is 6.70. The van der Waals surface area contributed by atoms with Crippen LogP contribution in [0.4, 0.5) is 0 Å². The molecule has 0 atom stereocenters. The Bertz CT molecular complexity index is 322. The highest BCUT2D eigenvalue weighted by Gasteiger charge is 2.01. The molecule has 102 valence electrons. The molecule has 0 spiro atoms. The Labute approximate surface area is 111 Å². The first-order valence-electron chi connectivity index (χ1n) is 6.70. The topological polar surface area (TPSA) is 24.5 Å². The standard InChI is InChI=1S/C15H26N2O/c1-13(2)18-15-8-6-14(7-9-15)12-17(4)11-5-10-16-3/h6-9,13,16H,5,10-12H2,1-4H3. The Kier molecular flexibility index (Phi) is 6.76. The van der Waals surface area contributed by atoms with Gasteiger partial charge in [0.15, 0.2) is 0 Å². The molecule has 0 unspecified atom stereocenters. The van der Waals surface area contributed by atoms with Crippen molar-refractivity contribution in [2.45, 2.75) is 32.9 Å². The quantitative estimate of drug-likeness (QED) is 0.718. The van der Waals surface area contributed by atoms with Crippen LogP contribution in [0.5, 0.6) is 5.75 Å². The van der Waals surface area contributed by atoms with Crippen molar-refractivity contribution in [3.8, 4) is 5.75 Å². The van der Waals surface area contributed by atoms with E-state index in [1.807, 2.05) is 20.9 Å². The van der Waals surface area contributed by atoms with E-state index in [-0.39, 0.29) is 6.10 Å². The largest absolute Gasteiger partial charge is 0.491 e. The van der Waals surface area contributed by atoms with Gasteiger partial charge in [0, 0.05) is 6.54 Å². The maximum atomic E-state index is 5.63. The summed E-state index contributed by atoms with van der Waals surface area (Å²) in [4.78, 5) is 2.34. The van der Waals surface area contributed by atoms with Crippen LogP contribution >= 0.6 is 0 Å². The molecule has 0 saturated carbocycles. The zero-order valence-corrected chi connectivity index (χ0v) is 12.1. The van der Waals surface area contributed by atoms with Crippen molar-refractivity contribution < 1.29 is 4.74 Å². The van der Waals surface area contributed by atoms with E-state index >= 15 is 0 Å². The number of nitrogens with zero attached hydrogens (tertiary/aromatic N) is 1. The highest BCUT2D eigenvalue weighted by molar-refractivity contribution is 5.27. The van der Waals surface area contributed by atoms with Gasteiger partial charge in [-0.3, -0.25) is 0 Å². The molecule has 18 heavy (non-hydrogen) atoms. The van der Waals surface area contributed by atoms with Crippen LogP contribution in [0.2, 0.25) is 0 Å². The van der Waals surface area contributed by atoms with Gasteiger partial charge in [-0.15, -0.1) is 0 Å². The van der Waals surface area contributed by atoms with Crippen LogP contribution in [0, 0.1) is 0 Å². The molecule has 1 aromatic rings. The molecule has 0 fully saturated rings. The lowest BCUT2D eigenvalue weighted by molar-refractivity contribution is 0.242. The summed E-state index contributed by atoms with van der Waals surface area (Å²) in [7, 11) is 4.15. The molecule has 0 aromatic heterocycles. The van der Waals surface area contributed by atoms with Crippen molar-refractivity contribution in [2.24, 2.45) is 0 Å². The van der Waals surface area contributed by atoms with Crippen molar-refractivity contribution in [1.29, 1.82) is 0 Å². The number of hydrogen-bond donors (Lipinski definition) is 1. The summed E-state index contributed by atoms with van der Waals surface area (Å²) in [5, 5.41) is 3.17. The Hall–Kier alpha value is -1.06. The predicted octanol–water partition coefficient (Wildman–Crippen LogP) is 2.52. The molecular weight excluding hydrogens is 224 g/mol. The van der Waals surface area contributed by atoms with Crippen LogP contribution in [-0.4, -0.2) is 38.2 Å². The number of rotatable bonds is 8. The normalized spacial score (nSPS) is 11.2. The molecule has 0 saturated heterocycles. The summed E-state index contributed by atoms with van der Waals surface area (Å²) in [5.41, 5.74) is 1.33. The van der Waals surface area contributed by atoms with E-state index in [4.69, 9.17) is 4.74 Å². The summed E-state index contributed by atoms with van der Waals surface area (Å²) in [6.45, 7) is 7.27. The molecule has 0 aliphatic rings. The average Bonchev–Trinajstić information content (AvgIpc) is 2.31. The molecule has 0 aliphatic carbocycles. The number of nitrogens with one attached hydrogen (secondary N) is 1. The molecular formula is C15H26N2O. The minimum Gasteiger partial charge on any atom is -0.491 e. The summed E-state index contributed by atoms with van der Waals surface area (Å²) >= 11 is 0. The van der Waals surface area contributed by atoms with Gasteiger partial charge in [0.1, 0.15) is 5.75 Å². The Balaban J connectivity index is 2.38. The van der Waals surface area contributed by atoms with Crippen LogP contribution in [0.3, 0.4) is 0 Å². The Morgan fingerprint density at radius 1 is 1.22 bits per heavy atom. The van der Waals surface area contributed by atoms with E-state index in [9.17, 15) is 0 Å². The van der Waals surface area contributed by atoms with Gasteiger partial charge in [0.2, 0.25) is 0 Å². The van der Waals surface area contributed by atoms with E-state index in [2.05, 4.69) is 41.5 Å². The van der Waals surface area contributed by atoms with Gasteiger partial charge in [-0.1, -0.05) is 12.1 Å². The van der Waals surface area contributed by atoms with Gasteiger partial charge >= 0.3 is 0 Å². The lowest BCUT2D eigenvalue weighted by Crippen LogP contribution is -2.22. The fourth-order valence-electron chi connectivity index (χ4n) is 1.86. The van der Waals surface area contributed by atoms with Gasteiger partial charge < -0.3 is 15.0 Å². The molecule has 0 amide bonds. The van der Waals surface area contributed by atoms with Crippen LogP contribution in [0.15, 0.2) is 24.3 Å². The highest BCUT2D eigenvalue weighted by atomic mass is 16.5. The van der Waals surface area contributed by atoms with E-state index in [1.165, 1.54) is 12.0 Å². The zero-order valence-electron chi connectivity index (χ0n) is 12.1. The minimum absolute atomic E-state index is 0.236. The maximum Gasteiger partial charge on any atom is 0.119 e. The van der Waals surface area contributed by atoms with Gasteiger partial charge in [0.25, 0.3) is 0 Å². The van der Waals surface area contributed by atoms with Crippen molar-refractivity contribution in [3.05, 3.63) is 29.8 Å². The van der Waals surface area contributed by atoms with Crippen LogP contribution in [-0.2, 0) is 6.54 Å². The monoisotopic (exact) mass is 250 g/mol. The summed E-state index contributed by atoms with van der Waals surface area (Å²) < 4.78 is 5.63. The van der Waals surface area contributed by atoms with E-state index in [0.717, 1.165) is 25.4 Å². The molecule has 3 heteroatoms. The lowest BCUT2D eigenvalue weighted by atomic mass is 10.2. The zero-order chi connectivity index (χ0) is 13.4. The summed E-state index contributed by atoms with van der Waals surface area (Å²) in [6.07, 6.45) is 1.42. The first-order chi connectivity index (χ1) is 8.61. The maximum absolute atomic E-state index is 5.63. The molecule has 1 aromatic carbocycles. The molecule has 0 bridgehead atoms. The van der Waals surface area contributed by atoms with Crippen molar-refractivity contribution >= 4 is 0 Å². The lowest BCUT2D eigenvalue weighted by Gasteiger charge is -2.17. The fourth-order valence-corrected chi connectivity index (χ4v) is 1.86. The van der Waals surface area contributed by atoms with Gasteiger partial charge in [-0.05, 0) is 65.1 Å². The molecule has 0 aliphatic heterocycles. The fraction of sp³-hybridized carbons (Fsp3) is 0.600. The number of ether oxygens (including phenoxy) is 1. The summed E-state index contributed by atoms with van der Waals surface area (Å²) in [6, 6.07) is 8.39. The molecule has 0 heterocycles. The summed E-state index contributed by atoms with van der Waals surface area (Å²) in [5.74, 6) is 0.951. The Morgan fingerprint density at radius 2 is 1.89 bits per heavy atom. The number of benzene rings is 1. The van der Waals surface area contributed by atoms with Crippen LogP contribution in [0.1, 0.15) is 25.8 Å². The third-order valence-corrected chi connectivity index (χ3v) is 2.71. The van der Waals surface area contributed by atoms with Gasteiger partial charge in [-0.2, -0.15) is 0 Å². The van der Waals surface area contributed by atoms with Gasteiger partial charge in [0.05, 0.1) is 6.10 Å². The second kappa shape index (κ2) is 8.11. The van der Waals surface area contributed by atoms with Gasteiger partial charge in [-0.25, -0.2) is 0 Å². The predicted molar refractivity (Wildman–Crippen MR) is 77.1 cm³/mol. The van der Waals surface area contributed by atoms with E-state index < -0.39 is 0 Å². The SMILES string of the molecule is CNCCCN(C)Cc1ccc(OC(C)C)cc1. The Morgan fingerprint density at radius 3 is 2.44 bits per heavy atom. The minimum atomic E-state index is 0.236. The molecule has 1 N–H and O–H groups in total. The van der Waals surface area contributed by atoms with E-state index in [0.29, 0.717) is 0 Å². The van der Waals surface area contributed by atoms with Crippen LogP contribution in [0.25, 0.3) is 0 Å². The molecule has 3 nitrogen and oxygen atoms in total. The average molecular weight is 250 g/mol. The van der Waals surface area contributed by atoms with Crippen molar-refractivity contribution in [2.75, 3.05) is 27.2 Å².